The number of morpholine rings is 1. The number of aromatic nitrogens is 1. The van der Waals surface area contributed by atoms with Crippen LogP contribution in [0.4, 0.5) is 0 Å². The highest BCUT2D eigenvalue weighted by atomic mass is 16.5. The fraction of sp³-hybridized carbons (Fsp3) is 0.462. The molecule has 108 valence electrons. The van der Waals surface area contributed by atoms with E-state index >= 15 is 0 Å². The molecule has 2 atom stereocenters. The molecular weight excluding hydrogens is 264 g/mol. The van der Waals surface area contributed by atoms with Crippen molar-refractivity contribution in [3.05, 3.63) is 29.6 Å². The molecule has 1 aromatic heterocycles. The Morgan fingerprint density at radius 3 is 2.80 bits per heavy atom. The molecule has 0 saturated carbocycles. The number of carboxylic acid groups (broad SMARTS) is 1. The predicted molar refractivity (Wildman–Crippen MR) is 68.5 cm³/mol. The minimum atomic E-state index is -1.09. The number of nitrogens with zero attached hydrogens (tertiary/aromatic N) is 2. The lowest BCUT2D eigenvalue weighted by Crippen LogP contribution is -2.52. The van der Waals surface area contributed by atoms with Crippen molar-refractivity contribution in [1.82, 2.24) is 9.88 Å². The zero-order valence-corrected chi connectivity index (χ0v) is 11.0. The summed E-state index contributed by atoms with van der Waals surface area (Å²) in [5, 5.41) is 17.9. The van der Waals surface area contributed by atoms with Crippen molar-refractivity contribution in [1.29, 1.82) is 0 Å². The maximum atomic E-state index is 12.3. The van der Waals surface area contributed by atoms with E-state index in [1.54, 1.807) is 4.90 Å². The summed E-state index contributed by atoms with van der Waals surface area (Å²) in [4.78, 5) is 28.5. The van der Waals surface area contributed by atoms with Crippen LogP contribution in [0.1, 0.15) is 27.8 Å². The SMILES string of the molecule is CC1COC(CO)CN1C(=O)c1ccc(C(=O)O)cn1. The van der Waals surface area contributed by atoms with Crippen LogP contribution in [0.2, 0.25) is 0 Å². The van der Waals surface area contributed by atoms with Gasteiger partial charge in [-0.25, -0.2) is 4.79 Å². The van der Waals surface area contributed by atoms with Crippen LogP contribution in [0.25, 0.3) is 0 Å². The third-order valence-electron chi connectivity index (χ3n) is 3.20. The molecule has 7 heteroatoms. The van der Waals surface area contributed by atoms with Crippen molar-refractivity contribution in [3.63, 3.8) is 0 Å². The van der Waals surface area contributed by atoms with Crippen LogP contribution in [0.5, 0.6) is 0 Å². The molecule has 1 amide bonds. The van der Waals surface area contributed by atoms with Crippen molar-refractivity contribution in [2.45, 2.75) is 19.1 Å². The van der Waals surface area contributed by atoms with Crippen LogP contribution in [-0.4, -0.2) is 63.9 Å². The molecule has 0 spiro atoms. The second-order valence-corrected chi connectivity index (χ2v) is 4.68. The highest BCUT2D eigenvalue weighted by Crippen LogP contribution is 2.15. The molecule has 20 heavy (non-hydrogen) atoms. The molecule has 0 aliphatic carbocycles. The number of carboxylic acids is 1. The minimum absolute atomic E-state index is 0.0322. The van der Waals surface area contributed by atoms with Gasteiger partial charge in [-0.1, -0.05) is 0 Å². The summed E-state index contributed by atoms with van der Waals surface area (Å²) in [7, 11) is 0. The summed E-state index contributed by atoms with van der Waals surface area (Å²) < 4.78 is 5.36. The molecule has 0 aromatic carbocycles. The van der Waals surface area contributed by atoms with Crippen LogP contribution < -0.4 is 0 Å². The summed E-state index contributed by atoms with van der Waals surface area (Å²) in [5.74, 6) is -1.38. The van der Waals surface area contributed by atoms with Gasteiger partial charge in [-0.15, -0.1) is 0 Å². The van der Waals surface area contributed by atoms with E-state index in [0.29, 0.717) is 13.2 Å². The van der Waals surface area contributed by atoms with Gasteiger partial charge in [0.25, 0.3) is 5.91 Å². The van der Waals surface area contributed by atoms with Gasteiger partial charge in [-0.2, -0.15) is 0 Å². The number of hydrogen-bond acceptors (Lipinski definition) is 5. The highest BCUT2D eigenvalue weighted by Gasteiger charge is 2.30. The van der Waals surface area contributed by atoms with Gasteiger partial charge in [0.05, 0.1) is 30.9 Å². The number of rotatable bonds is 3. The number of amides is 1. The van der Waals surface area contributed by atoms with Crippen molar-refractivity contribution >= 4 is 11.9 Å². The Balaban J connectivity index is 2.15. The second kappa shape index (κ2) is 5.98. The number of aliphatic hydroxyl groups excluding tert-OH is 1. The third-order valence-corrected chi connectivity index (χ3v) is 3.20. The Morgan fingerprint density at radius 2 is 2.25 bits per heavy atom. The Morgan fingerprint density at radius 1 is 1.50 bits per heavy atom. The van der Waals surface area contributed by atoms with Gasteiger partial charge < -0.3 is 19.8 Å². The molecular formula is C13H16N2O5. The van der Waals surface area contributed by atoms with E-state index < -0.39 is 12.1 Å². The minimum Gasteiger partial charge on any atom is -0.478 e. The number of hydrogen-bond donors (Lipinski definition) is 2. The van der Waals surface area contributed by atoms with Crippen molar-refractivity contribution in [3.8, 4) is 0 Å². The topological polar surface area (TPSA) is 100.0 Å². The lowest BCUT2D eigenvalue weighted by Gasteiger charge is -2.37. The summed E-state index contributed by atoms with van der Waals surface area (Å²) in [6, 6.07) is 2.62. The fourth-order valence-corrected chi connectivity index (χ4v) is 2.00. The number of pyridine rings is 1. The first-order chi connectivity index (χ1) is 9.52. The Hall–Kier alpha value is -1.99. The molecule has 2 heterocycles. The van der Waals surface area contributed by atoms with Crippen LogP contribution in [0.3, 0.4) is 0 Å². The Bertz CT molecular complexity index is 502. The van der Waals surface area contributed by atoms with E-state index in [4.69, 9.17) is 14.9 Å². The van der Waals surface area contributed by atoms with Crippen LogP contribution >= 0.6 is 0 Å². The largest absolute Gasteiger partial charge is 0.478 e. The number of ether oxygens (including phenoxy) is 1. The van der Waals surface area contributed by atoms with Gasteiger partial charge in [0.2, 0.25) is 0 Å². The molecule has 1 aliphatic heterocycles. The average Bonchev–Trinajstić information content (AvgIpc) is 2.47. The van der Waals surface area contributed by atoms with Crippen LogP contribution in [0, 0.1) is 0 Å². The summed E-state index contributed by atoms with van der Waals surface area (Å²) in [6.45, 7) is 2.34. The van der Waals surface area contributed by atoms with E-state index in [2.05, 4.69) is 4.98 Å². The summed E-state index contributed by atoms with van der Waals surface area (Å²) >= 11 is 0. The summed E-state index contributed by atoms with van der Waals surface area (Å²) in [5.41, 5.74) is 0.213. The first kappa shape index (κ1) is 14.4. The normalized spacial score (nSPS) is 22.6. The van der Waals surface area contributed by atoms with Crippen LogP contribution in [-0.2, 0) is 4.74 Å². The van der Waals surface area contributed by atoms with Gasteiger partial charge in [0.1, 0.15) is 5.69 Å². The Labute approximate surface area is 115 Å². The quantitative estimate of drug-likeness (QED) is 0.808. The Kier molecular flexibility index (Phi) is 4.31. The average molecular weight is 280 g/mol. The van der Waals surface area contributed by atoms with Crippen molar-refractivity contribution in [2.24, 2.45) is 0 Å². The fourth-order valence-electron chi connectivity index (χ4n) is 2.00. The number of aromatic carboxylic acids is 1. The zero-order valence-electron chi connectivity index (χ0n) is 11.0. The number of carbonyl (C=O) groups excluding carboxylic acids is 1. The summed E-state index contributed by atoms with van der Waals surface area (Å²) in [6.07, 6.45) is 0.762. The predicted octanol–water partition coefficient (Wildman–Crippen LogP) is 0.00160. The van der Waals surface area contributed by atoms with E-state index in [0.717, 1.165) is 6.20 Å². The number of carbonyl (C=O) groups is 2. The molecule has 1 saturated heterocycles. The monoisotopic (exact) mass is 280 g/mol. The van der Waals surface area contributed by atoms with E-state index in [9.17, 15) is 9.59 Å². The van der Waals surface area contributed by atoms with Gasteiger partial charge in [0, 0.05) is 12.7 Å². The van der Waals surface area contributed by atoms with Crippen molar-refractivity contribution in [2.75, 3.05) is 19.8 Å². The van der Waals surface area contributed by atoms with Gasteiger partial charge >= 0.3 is 5.97 Å². The third kappa shape index (κ3) is 2.94. The molecule has 1 fully saturated rings. The second-order valence-electron chi connectivity index (χ2n) is 4.68. The maximum Gasteiger partial charge on any atom is 0.337 e. The lowest BCUT2D eigenvalue weighted by molar-refractivity contribution is -0.0668. The molecule has 2 N–H and O–H groups in total. The molecule has 0 radical (unpaired) electrons. The van der Waals surface area contributed by atoms with E-state index in [-0.39, 0.29) is 29.8 Å². The smallest absolute Gasteiger partial charge is 0.337 e. The molecule has 1 aliphatic rings. The van der Waals surface area contributed by atoms with E-state index in [1.807, 2.05) is 6.92 Å². The van der Waals surface area contributed by atoms with Gasteiger partial charge in [-0.3, -0.25) is 9.78 Å². The molecule has 7 nitrogen and oxygen atoms in total. The zero-order chi connectivity index (χ0) is 14.7. The molecule has 2 unspecified atom stereocenters. The first-order valence-electron chi connectivity index (χ1n) is 6.25. The van der Waals surface area contributed by atoms with Crippen molar-refractivity contribution < 1.29 is 24.5 Å². The first-order valence-corrected chi connectivity index (χ1v) is 6.25. The maximum absolute atomic E-state index is 12.3. The molecule has 0 bridgehead atoms. The van der Waals surface area contributed by atoms with Gasteiger partial charge in [-0.05, 0) is 19.1 Å². The van der Waals surface area contributed by atoms with E-state index in [1.165, 1.54) is 12.1 Å². The van der Waals surface area contributed by atoms with Gasteiger partial charge in [0.15, 0.2) is 0 Å². The molecule has 2 rings (SSSR count). The lowest BCUT2D eigenvalue weighted by atomic mass is 10.1. The van der Waals surface area contributed by atoms with Crippen LogP contribution in [0.15, 0.2) is 18.3 Å². The number of aliphatic hydroxyl groups is 1. The highest BCUT2D eigenvalue weighted by molar-refractivity contribution is 5.94. The molecule has 1 aromatic rings. The standard InChI is InChI=1S/C13H16N2O5/c1-8-7-20-10(6-16)5-15(8)12(17)11-3-2-9(4-14-11)13(18)19/h2-4,8,10,16H,5-7H2,1H3,(H,18,19).